The summed E-state index contributed by atoms with van der Waals surface area (Å²) in [5.41, 5.74) is -1.71. The number of aromatic nitrogens is 1. The molecule has 30 heavy (non-hydrogen) atoms. The second-order valence-corrected chi connectivity index (χ2v) is 7.89. The number of hydrogen-bond donors (Lipinski definition) is 1. The lowest BCUT2D eigenvalue weighted by Gasteiger charge is -2.25. The molecule has 5 nitrogen and oxygen atoms in total. The summed E-state index contributed by atoms with van der Waals surface area (Å²) in [7, 11) is 0. The summed E-state index contributed by atoms with van der Waals surface area (Å²) in [6, 6.07) is 6.88. The van der Waals surface area contributed by atoms with Crippen molar-refractivity contribution < 1.29 is 27.8 Å². The molecule has 2 aromatic rings. The van der Waals surface area contributed by atoms with Crippen LogP contribution in [0.2, 0.25) is 0 Å². The van der Waals surface area contributed by atoms with Gasteiger partial charge in [0.2, 0.25) is 0 Å². The molecule has 0 radical (unpaired) electrons. The van der Waals surface area contributed by atoms with E-state index in [1.807, 2.05) is 13.8 Å². The average Bonchev–Trinajstić information content (AvgIpc) is 2.64. The van der Waals surface area contributed by atoms with Crippen LogP contribution in [0.5, 0.6) is 5.75 Å². The predicted octanol–water partition coefficient (Wildman–Crippen LogP) is 5.73. The summed E-state index contributed by atoms with van der Waals surface area (Å²) in [5.74, 6) is -1.51. The third-order valence-electron chi connectivity index (χ3n) is 4.63. The highest BCUT2D eigenvalue weighted by Gasteiger charge is 2.36. The number of nitrogens with zero attached hydrogens (tertiary/aromatic N) is 2. The minimum atomic E-state index is -4.72. The number of nitriles is 1. The van der Waals surface area contributed by atoms with Crippen LogP contribution in [0.15, 0.2) is 30.5 Å². The molecule has 1 atom stereocenters. The number of hydrogen-bond acceptors (Lipinski definition) is 4. The van der Waals surface area contributed by atoms with Crippen molar-refractivity contribution in [2.24, 2.45) is 11.3 Å². The number of carboxylic acids is 1. The van der Waals surface area contributed by atoms with E-state index in [4.69, 9.17) is 4.74 Å². The van der Waals surface area contributed by atoms with Crippen molar-refractivity contribution in [3.63, 3.8) is 0 Å². The van der Waals surface area contributed by atoms with Crippen molar-refractivity contribution in [2.75, 3.05) is 6.61 Å². The highest BCUT2D eigenvalue weighted by Crippen LogP contribution is 2.40. The van der Waals surface area contributed by atoms with Gasteiger partial charge in [0.1, 0.15) is 12.4 Å². The first-order valence-electron chi connectivity index (χ1n) is 9.32. The van der Waals surface area contributed by atoms with Gasteiger partial charge in [0.25, 0.3) is 0 Å². The van der Waals surface area contributed by atoms with Gasteiger partial charge in [0, 0.05) is 6.20 Å². The highest BCUT2D eigenvalue weighted by molar-refractivity contribution is 5.97. The standard InChI is InChI=1S/C22H23F3N2O3/c1-13(2)10-21(4,11-26)12-30-18-6-5-15(9-17(18)22(23,24)25)16-7-8-27-14(3)19(16)20(28)29/h5-9,13H,10,12H2,1-4H3,(H,28,29)/t21-/m1/s1. The van der Waals surface area contributed by atoms with Crippen LogP contribution < -0.4 is 4.74 Å². The maximum absolute atomic E-state index is 13.7. The molecule has 0 unspecified atom stereocenters. The van der Waals surface area contributed by atoms with Gasteiger partial charge in [-0.05, 0) is 55.5 Å². The van der Waals surface area contributed by atoms with Gasteiger partial charge in [0.05, 0.1) is 28.3 Å². The number of aromatic carboxylic acids is 1. The van der Waals surface area contributed by atoms with Crippen LogP contribution >= 0.6 is 0 Å². The molecule has 2 rings (SSSR count). The third-order valence-corrected chi connectivity index (χ3v) is 4.63. The number of aryl methyl sites for hydroxylation is 1. The summed E-state index contributed by atoms with van der Waals surface area (Å²) in [6.45, 7) is 6.77. The topological polar surface area (TPSA) is 83.2 Å². The molecule has 1 aromatic heterocycles. The summed E-state index contributed by atoms with van der Waals surface area (Å²) >= 11 is 0. The second-order valence-electron chi connectivity index (χ2n) is 7.89. The van der Waals surface area contributed by atoms with Crippen LogP contribution in [0, 0.1) is 29.6 Å². The monoisotopic (exact) mass is 420 g/mol. The van der Waals surface area contributed by atoms with Crippen molar-refractivity contribution in [2.45, 2.75) is 40.3 Å². The fraction of sp³-hybridized carbons (Fsp3) is 0.409. The zero-order valence-corrected chi connectivity index (χ0v) is 17.2. The molecule has 0 spiro atoms. The Labute approximate surface area is 173 Å². The number of alkyl halides is 3. The van der Waals surface area contributed by atoms with Crippen molar-refractivity contribution in [1.29, 1.82) is 5.26 Å². The smallest absolute Gasteiger partial charge is 0.419 e. The minimum Gasteiger partial charge on any atom is -0.491 e. The number of carbonyl (C=O) groups is 1. The van der Waals surface area contributed by atoms with Gasteiger partial charge in [-0.2, -0.15) is 18.4 Å². The van der Waals surface area contributed by atoms with Gasteiger partial charge >= 0.3 is 12.1 Å². The molecule has 0 fully saturated rings. The molecule has 0 saturated heterocycles. The molecule has 0 bridgehead atoms. The lowest BCUT2D eigenvalue weighted by atomic mass is 9.84. The lowest BCUT2D eigenvalue weighted by molar-refractivity contribution is -0.139. The molecule has 0 aliphatic carbocycles. The number of carboxylic acid groups (broad SMARTS) is 1. The molecule has 160 valence electrons. The van der Waals surface area contributed by atoms with Crippen LogP contribution in [0.25, 0.3) is 11.1 Å². The van der Waals surface area contributed by atoms with E-state index >= 15 is 0 Å². The predicted molar refractivity (Wildman–Crippen MR) is 105 cm³/mol. The van der Waals surface area contributed by atoms with E-state index in [-0.39, 0.29) is 34.9 Å². The molecular weight excluding hydrogens is 397 g/mol. The SMILES string of the molecule is Cc1nccc(-c2ccc(OC[C@@](C)(C#N)CC(C)C)c(C(F)(F)F)c2)c1C(=O)O. The van der Waals surface area contributed by atoms with Gasteiger partial charge in [-0.25, -0.2) is 4.79 Å². The maximum atomic E-state index is 13.7. The summed E-state index contributed by atoms with van der Waals surface area (Å²) in [4.78, 5) is 15.5. The van der Waals surface area contributed by atoms with E-state index in [0.717, 1.165) is 12.1 Å². The van der Waals surface area contributed by atoms with Crippen LogP contribution in [0.4, 0.5) is 13.2 Å². The Morgan fingerprint density at radius 3 is 2.50 bits per heavy atom. The summed E-state index contributed by atoms with van der Waals surface area (Å²) in [6.07, 6.45) is -2.90. The largest absolute Gasteiger partial charge is 0.491 e. The van der Waals surface area contributed by atoms with E-state index in [1.54, 1.807) is 6.92 Å². The Kier molecular flexibility index (Phi) is 6.76. The van der Waals surface area contributed by atoms with E-state index in [9.17, 15) is 28.3 Å². The Bertz CT molecular complexity index is 981. The maximum Gasteiger partial charge on any atom is 0.419 e. The average molecular weight is 420 g/mol. The number of benzene rings is 1. The third kappa shape index (κ3) is 5.29. The molecule has 1 aromatic carbocycles. The van der Waals surface area contributed by atoms with Gasteiger partial charge in [-0.15, -0.1) is 0 Å². The Balaban J connectivity index is 2.49. The first kappa shape index (κ1) is 23.2. The van der Waals surface area contributed by atoms with Crippen LogP contribution in [0.1, 0.15) is 48.8 Å². The molecule has 0 aliphatic rings. The zero-order chi connectivity index (χ0) is 22.7. The molecule has 1 N–H and O–H groups in total. The number of rotatable bonds is 7. The highest BCUT2D eigenvalue weighted by atomic mass is 19.4. The molecule has 0 saturated carbocycles. The van der Waals surface area contributed by atoms with Crippen molar-refractivity contribution in [3.8, 4) is 22.9 Å². The van der Waals surface area contributed by atoms with E-state index in [2.05, 4.69) is 11.1 Å². The van der Waals surface area contributed by atoms with Crippen LogP contribution in [-0.4, -0.2) is 22.7 Å². The fourth-order valence-electron chi connectivity index (χ4n) is 3.40. The van der Waals surface area contributed by atoms with Crippen LogP contribution in [-0.2, 0) is 6.18 Å². The number of halogens is 3. The molecule has 0 aliphatic heterocycles. The summed E-state index contributed by atoms with van der Waals surface area (Å²) < 4.78 is 46.6. The molecule has 8 heteroatoms. The van der Waals surface area contributed by atoms with Gasteiger partial charge in [-0.1, -0.05) is 19.9 Å². The first-order chi connectivity index (χ1) is 13.9. The molecule has 0 amide bonds. The fourth-order valence-corrected chi connectivity index (χ4v) is 3.40. The lowest BCUT2D eigenvalue weighted by Crippen LogP contribution is -2.26. The Morgan fingerprint density at radius 1 is 1.30 bits per heavy atom. The summed E-state index contributed by atoms with van der Waals surface area (Å²) in [5, 5.41) is 18.9. The quantitative estimate of drug-likeness (QED) is 0.619. The van der Waals surface area contributed by atoms with E-state index < -0.39 is 28.9 Å². The molecular formula is C22H23F3N2O3. The Morgan fingerprint density at radius 2 is 1.97 bits per heavy atom. The van der Waals surface area contributed by atoms with Crippen molar-refractivity contribution >= 4 is 5.97 Å². The van der Waals surface area contributed by atoms with E-state index in [1.165, 1.54) is 25.3 Å². The zero-order valence-electron chi connectivity index (χ0n) is 17.2. The van der Waals surface area contributed by atoms with Gasteiger partial charge in [-0.3, -0.25) is 4.98 Å². The number of ether oxygens (including phenoxy) is 1. The second kappa shape index (κ2) is 8.74. The van der Waals surface area contributed by atoms with Crippen molar-refractivity contribution in [3.05, 3.63) is 47.3 Å². The number of pyridine rings is 1. The van der Waals surface area contributed by atoms with Crippen molar-refractivity contribution in [1.82, 2.24) is 4.98 Å². The normalized spacial score (nSPS) is 13.6. The minimum absolute atomic E-state index is 0.0859. The van der Waals surface area contributed by atoms with Gasteiger partial charge in [0.15, 0.2) is 0 Å². The molecule has 1 heterocycles. The van der Waals surface area contributed by atoms with E-state index in [0.29, 0.717) is 6.42 Å². The van der Waals surface area contributed by atoms with Gasteiger partial charge < -0.3 is 9.84 Å². The first-order valence-corrected chi connectivity index (χ1v) is 9.32. The Hall–Kier alpha value is -3.08. The van der Waals surface area contributed by atoms with Crippen LogP contribution in [0.3, 0.4) is 0 Å².